The Labute approximate surface area is 129 Å². The SMILES string of the molecule is Cc1ccccc1CC(=O)N1CC(CBr)OC(C)(C)C1. The van der Waals surface area contributed by atoms with Gasteiger partial charge in [-0.3, -0.25) is 4.79 Å². The van der Waals surface area contributed by atoms with Crippen molar-refractivity contribution in [1.82, 2.24) is 4.90 Å². The Hall–Kier alpha value is -0.870. The molecule has 3 nitrogen and oxygen atoms in total. The summed E-state index contributed by atoms with van der Waals surface area (Å²) in [6, 6.07) is 8.07. The molecule has 1 aliphatic rings. The molecule has 4 heteroatoms. The molecule has 0 aliphatic carbocycles. The minimum absolute atomic E-state index is 0.0690. The number of hydrogen-bond donors (Lipinski definition) is 0. The van der Waals surface area contributed by atoms with Crippen molar-refractivity contribution in [2.24, 2.45) is 0 Å². The van der Waals surface area contributed by atoms with Gasteiger partial charge in [-0.25, -0.2) is 0 Å². The average molecular weight is 340 g/mol. The molecule has 2 rings (SSSR count). The number of carbonyl (C=O) groups excluding carboxylic acids is 1. The van der Waals surface area contributed by atoms with Crippen LogP contribution in [0.15, 0.2) is 24.3 Å². The van der Waals surface area contributed by atoms with Crippen molar-refractivity contribution in [3.8, 4) is 0 Å². The maximum atomic E-state index is 12.5. The van der Waals surface area contributed by atoms with Crippen molar-refractivity contribution in [3.05, 3.63) is 35.4 Å². The molecule has 0 aromatic heterocycles. The van der Waals surface area contributed by atoms with E-state index in [0.29, 0.717) is 19.5 Å². The van der Waals surface area contributed by atoms with E-state index in [9.17, 15) is 4.79 Å². The number of morpholine rings is 1. The van der Waals surface area contributed by atoms with Crippen molar-refractivity contribution < 1.29 is 9.53 Å². The van der Waals surface area contributed by atoms with Crippen LogP contribution in [0, 0.1) is 6.92 Å². The molecular weight excluding hydrogens is 318 g/mol. The minimum Gasteiger partial charge on any atom is -0.368 e. The molecule has 1 amide bonds. The molecule has 0 bridgehead atoms. The fourth-order valence-electron chi connectivity index (χ4n) is 2.65. The second-order valence-electron chi connectivity index (χ2n) is 6.03. The number of carbonyl (C=O) groups is 1. The number of benzene rings is 1. The number of aryl methyl sites for hydroxylation is 1. The zero-order chi connectivity index (χ0) is 14.8. The second kappa shape index (κ2) is 6.27. The topological polar surface area (TPSA) is 29.5 Å². The molecule has 1 fully saturated rings. The summed E-state index contributed by atoms with van der Waals surface area (Å²) in [5.41, 5.74) is 2.00. The van der Waals surface area contributed by atoms with Crippen LogP contribution >= 0.6 is 15.9 Å². The summed E-state index contributed by atoms with van der Waals surface area (Å²) < 4.78 is 5.94. The number of alkyl halides is 1. The van der Waals surface area contributed by atoms with Crippen LogP contribution in [0.3, 0.4) is 0 Å². The van der Waals surface area contributed by atoms with E-state index in [0.717, 1.165) is 10.9 Å². The van der Waals surface area contributed by atoms with Crippen LogP contribution in [0.2, 0.25) is 0 Å². The Morgan fingerprint density at radius 2 is 2.15 bits per heavy atom. The second-order valence-corrected chi connectivity index (χ2v) is 6.68. The van der Waals surface area contributed by atoms with Crippen LogP contribution in [0.25, 0.3) is 0 Å². The fraction of sp³-hybridized carbons (Fsp3) is 0.562. The van der Waals surface area contributed by atoms with Gasteiger partial charge in [-0.05, 0) is 31.9 Å². The Balaban J connectivity index is 2.07. The van der Waals surface area contributed by atoms with Gasteiger partial charge in [-0.1, -0.05) is 40.2 Å². The van der Waals surface area contributed by atoms with Gasteiger partial charge in [0.2, 0.25) is 5.91 Å². The van der Waals surface area contributed by atoms with Gasteiger partial charge in [-0.15, -0.1) is 0 Å². The van der Waals surface area contributed by atoms with Gasteiger partial charge in [0.15, 0.2) is 0 Å². The predicted molar refractivity (Wildman–Crippen MR) is 84.2 cm³/mol. The number of halogens is 1. The number of amides is 1. The highest BCUT2D eigenvalue weighted by molar-refractivity contribution is 9.09. The number of rotatable bonds is 3. The lowest BCUT2D eigenvalue weighted by atomic mass is 10.0. The van der Waals surface area contributed by atoms with Gasteiger partial charge in [0.25, 0.3) is 0 Å². The smallest absolute Gasteiger partial charge is 0.227 e. The predicted octanol–water partition coefficient (Wildman–Crippen LogP) is 2.94. The molecule has 1 atom stereocenters. The molecule has 1 saturated heterocycles. The number of ether oxygens (including phenoxy) is 1. The van der Waals surface area contributed by atoms with Crippen molar-refractivity contribution in [2.45, 2.75) is 38.9 Å². The molecule has 1 aromatic rings. The molecule has 0 spiro atoms. The lowest BCUT2D eigenvalue weighted by Gasteiger charge is -2.42. The maximum Gasteiger partial charge on any atom is 0.227 e. The zero-order valence-electron chi connectivity index (χ0n) is 12.4. The quantitative estimate of drug-likeness (QED) is 0.792. The number of hydrogen-bond acceptors (Lipinski definition) is 2. The normalized spacial score (nSPS) is 21.8. The Morgan fingerprint density at radius 1 is 1.45 bits per heavy atom. The molecule has 1 heterocycles. The van der Waals surface area contributed by atoms with Crippen molar-refractivity contribution >= 4 is 21.8 Å². The summed E-state index contributed by atoms with van der Waals surface area (Å²) in [4.78, 5) is 14.5. The molecule has 1 aliphatic heterocycles. The molecule has 110 valence electrons. The lowest BCUT2D eigenvalue weighted by molar-refractivity contribution is -0.156. The number of nitrogens with zero attached hydrogens (tertiary/aromatic N) is 1. The molecule has 1 aromatic carbocycles. The third-order valence-corrected chi connectivity index (χ3v) is 4.33. The average Bonchev–Trinajstić information content (AvgIpc) is 2.39. The summed E-state index contributed by atoms with van der Waals surface area (Å²) in [5, 5.41) is 0.755. The van der Waals surface area contributed by atoms with E-state index in [2.05, 4.69) is 15.9 Å². The first kappa shape index (κ1) is 15.5. The Bertz CT molecular complexity index is 487. The molecule has 20 heavy (non-hydrogen) atoms. The van der Waals surface area contributed by atoms with Crippen LogP contribution in [-0.4, -0.2) is 40.9 Å². The largest absolute Gasteiger partial charge is 0.368 e. The van der Waals surface area contributed by atoms with Gasteiger partial charge < -0.3 is 9.64 Å². The summed E-state index contributed by atoms with van der Waals surface area (Å²) in [6.45, 7) is 7.44. The zero-order valence-corrected chi connectivity index (χ0v) is 13.9. The third kappa shape index (κ3) is 3.83. The Kier molecular flexibility index (Phi) is 4.86. The van der Waals surface area contributed by atoms with Gasteiger partial charge in [-0.2, -0.15) is 0 Å². The van der Waals surface area contributed by atoms with E-state index < -0.39 is 0 Å². The van der Waals surface area contributed by atoms with Gasteiger partial charge in [0.05, 0.1) is 18.1 Å². The van der Waals surface area contributed by atoms with Crippen LogP contribution < -0.4 is 0 Å². The summed E-state index contributed by atoms with van der Waals surface area (Å²) >= 11 is 3.45. The van der Waals surface area contributed by atoms with Crippen LogP contribution in [0.1, 0.15) is 25.0 Å². The fourth-order valence-corrected chi connectivity index (χ4v) is 2.99. The van der Waals surface area contributed by atoms with E-state index in [1.807, 2.05) is 49.9 Å². The molecule has 0 saturated carbocycles. The monoisotopic (exact) mass is 339 g/mol. The van der Waals surface area contributed by atoms with Crippen LogP contribution in [-0.2, 0) is 16.0 Å². The summed E-state index contributed by atoms with van der Waals surface area (Å²) in [5.74, 6) is 0.182. The minimum atomic E-state index is -0.280. The van der Waals surface area contributed by atoms with Gasteiger partial charge in [0, 0.05) is 18.4 Å². The van der Waals surface area contributed by atoms with E-state index in [-0.39, 0.29) is 17.6 Å². The van der Waals surface area contributed by atoms with E-state index >= 15 is 0 Å². The standard InChI is InChI=1S/C16H22BrNO2/c1-12-6-4-5-7-13(12)8-15(19)18-10-14(9-17)20-16(2,3)11-18/h4-7,14H,8-11H2,1-3H3. The highest BCUT2D eigenvalue weighted by Crippen LogP contribution is 2.23. The van der Waals surface area contributed by atoms with E-state index in [1.165, 1.54) is 5.56 Å². The molecular formula is C16H22BrNO2. The van der Waals surface area contributed by atoms with Gasteiger partial charge >= 0.3 is 0 Å². The van der Waals surface area contributed by atoms with Crippen molar-refractivity contribution in [2.75, 3.05) is 18.4 Å². The first-order valence-corrected chi connectivity index (χ1v) is 8.09. The van der Waals surface area contributed by atoms with Gasteiger partial charge in [0.1, 0.15) is 0 Å². The first-order chi connectivity index (χ1) is 9.41. The highest BCUT2D eigenvalue weighted by Gasteiger charge is 2.34. The third-order valence-electron chi connectivity index (χ3n) is 3.61. The Morgan fingerprint density at radius 3 is 2.80 bits per heavy atom. The summed E-state index contributed by atoms with van der Waals surface area (Å²) in [7, 11) is 0. The summed E-state index contributed by atoms with van der Waals surface area (Å²) in [6.07, 6.45) is 0.539. The maximum absolute atomic E-state index is 12.5. The van der Waals surface area contributed by atoms with Crippen LogP contribution in [0.4, 0.5) is 0 Å². The van der Waals surface area contributed by atoms with Crippen molar-refractivity contribution in [1.29, 1.82) is 0 Å². The van der Waals surface area contributed by atoms with Crippen LogP contribution in [0.5, 0.6) is 0 Å². The highest BCUT2D eigenvalue weighted by atomic mass is 79.9. The van der Waals surface area contributed by atoms with Crippen molar-refractivity contribution in [3.63, 3.8) is 0 Å². The molecule has 1 unspecified atom stereocenters. The lowest BCUT2D eigenvalue weighted by Crippen LogP contribution is -2.55. The molecule has 0 N–H and O–H groups in total. The first-order valence-electron chi connectivity index (χ1n) is 6.97. The molecule has 0 radical (unpaired) electrons. The van der Waals surface area contributed by atoms with E-state index in [4.69, 9.17) is 4.74 Å². The van der Waals surface area contributed by atoms with E-state index in [1.54, 1.807) is 0 Å².